The molecular formula is C29H23N3O4S3. The van der Waals surface area contributed by atoms with E-state index in [-0.39, 0.29) is 23.8 Å². The molecule has 0 spiro atoms. The van der Waals surface area contributed by atoms with E-state index >= 15 is 0 Å². The number of carbonyl (C=O) groups is 2. The van der Waals surface area contributed by atoms with Gasteiger partial charge >= 0.3 is 5.97 Å². The maximum Gasteiger partial charge on any atom is 0.341 e. The Morgan fingerprint density at radius 1 is 1.10 bits per heavy atom. The molecule has 0 unspecified atom stereocenters. The van der Waals surface area contributed by atoms with E-state index in [4.69, 9.17) is 9.72 Å². The molecule has 0 aliphatic carbocycles. The summed E-state index contributed by atoms with van der Waals surface area (Å²) in [4.78, 5) is 45.2. The number of hydrogen-bond acceptors (Lipinski definition) is 8. The molecule has 7 nitrogen and oxygen atoms in total. The van der Waals surface area contributed by atoms with E-state index < -0.39 is 5.97 Å². The Morgan fingerprint density at radius 3 is 2.46 bits per heavy atom. The molecule has 0 bridgehead atoms. The molecule has 3 aromatic heterocycles. The third-order valence-corrected chi connectivity index (χ3v) is 8.79. The van der Waals surface area contributed by atoms with Crippen molar-refractivity contribution in [2.75, 3.05) is 18.2 Å². The van der Waals surface area contributed by atoms with Gasteiger partial charge in [-0.3, -0.25) is 14.2 Å². The lowest BCUT2D eigenvalue weighted by molar-refractivity contribution is -0.113. The number of allylic oxidation sites excluding steroid dienone is 1. The highest BCUT2D eigenvalue weighted by atomic mass is 32.2. The van der Waals surface area contributed by atoms with Gasteiger partial charge in [-0.2, -0.15) is 0 Å². The fourth-order valence-corrected chi connectivity index (χ4v) is 6.88. The number of nitrogens with zero attached hydrogens (tertiary/aromatic N) is 2. The number of ether oxygens (including phenoxy) is 1. The van der Waals surface area contributed by atoms with Gasteiger partial charge in [0.1, 0.15) is 15.4 Å². The Hall–Kier alpha value is -3.99. The molecule has 0 fully saturated rings. The summed E-state index contributed by atoms with van der Waals surface area (Å²) in [5, 5.41) is 6.02. The smallest absolute Gasteiger partial charge is 0.341 e. The molecular weight excluding hydrogens is 551 g/mol. The molecule has 5 aromatic rings. The van der Waals surface area contributed by atoms with Crippen LogP contribution in [0.3, 0.4) is 0 Å². The molecule has 1 amide bonds. The minimum absolute atomic E-state index is 0.00874. The van der Waals surface area contributed by atoms with Crippen LogP contribution in [0.5, 0.6) is 0 Å². The monoisotopic (exact) mass is 573 g/mol. The highest BCUT2D eigenvalue weighted by Crippen LogP contribution is 2.36. The van der Waals surface area contributed by atoms with Gasteiger partial charge in [0, 0.05) is 22.4 Å². The van der Waals surface area contributed by atoms with Crippen LogP contribution in [0.25, 0.3) is 31.8 Å². The molecule has 3 heterocycles. The summed E-state index contributed by atoms with van der Waals surface area (Å²) < 4.78 is 6.51. The number of hydrogen-bond donors (Lipinski definition) is 1. The Bertz CT molecular complexity index is 1720. The molecule has 5 rings (SSSR count). The Labute approximate surface area is 236 Å². The number of anilines is 1. The summed E-state index contributed by atoms with van der Waals surface area (Å²) in [6, 6.07) is 21.1. The summed E-state index contributed by atoms with van der Waals surface area (Å²) in [5.74, 6) is -0.871. The average molecular weight is 574 g/mol. The number of esters is 1. The Morgan fingerprint density at radius 2 is 1.79 bits per heavy atom. The predicted octanol–water partition coefficient (Wildman–Crippen LogP) is 6.56. The summed E-state index contributed by atoms with van der Waals surface area (Å²) in [6.45, 7) is 4.03. The number of benzene rings is 2. The van der Waals surface area contributed by atoms with Crippen LogP contribution in [0.15, 0.2) is 94.7 Å². The lowest BCUT2D eigenvalue weighted by atomic mass is 10.0. The van der Waals surface area contributed by atoms with Gasteiger partial charge in [0.2, 0.25) is 5.91 Å². The van der Waals surface area contributed by atoms with Crippen LogP contribution in [0, 0.1) is 0 Å². The second-order valence-corrected chi connectivity index (χ2v) is 11.2. The van der Waals surface area contributed by atoms with Crippen LogP contribution in [-0.2, 0) is 16.1 Å². The highest BCUT2D eigenvalue weighted by molar-refractivity contribution is 7.99. The van der Waals surface area contributed by atoms with Crippen molar-refractivity contribution < 1.29 is 14.3 Å². The number of amides is 1. The van der Waals surface area contributed by atoms with Crippen LogP contribution in [-0.4, -0.2) is 34.3 Å². The number of thioether (sulfide) groups is 1. The zero-order valence-corrected chi connectivity index (χ0v) is 23.3. The fraction of sp³-hybridized carbons (Fsp3) is 0.103. The molecule has 2 aromatic carbocycles. The van der Waals surface area contributed by atoms with E-state index in [1.807, 2.05) is 72.1 Å². The number of aromatic nitrogens is 2. The van der Waals surface area contributed by atoms with Gasteiger partial charge in [-0.05, 0) is 17.2 Å². The molecule has 196 valence electrons. The van der Waals surface area contributed by atoms with E-state index in [2.05, 4.69) is 11.9 Å². The predicted molar refractivity (Wildman–Crippen MR) is 160 cm³/mol. The number of fused-ring (bicyclic) bond motifs is 1. The minimum atomic E-state index is -0.531. The van der Waals surface area contributed by atoms with Crippen LogP contribution < -0.4 is 10.9 Å². The fourth-order valence-electron chi connectivity index (χ4n) is 4.02. The van der Waals surface area contributed by atoms with Crippen molar-refractivity contribution >= 4 is 61.5 Å². The quantitative estimate of drug-likeness (QED) is 0.0930. The molecule has 0 aliphatic heterocycles. The van der Waals surface area contributed by atoms with E-state index in [1.165, 1.54) is 34.4 Å². The standard InChI is InChI=1S/C29H23N3O4S3/c1-3-14-32-27(34)20-15-22(19-12-8-5-9-13-19)39-25(20)31-29(32)38-17-23(33)30-26-24(28(35)36-2)21(16-37-26)18-10-6-4-7-11-18/h3-13,15-16H,1,14,17H2,2H3,(H,30,33). The van der Waals surface area contributed by atoms with Crippen molar-refractivity contribution in [2.24, 2.45) is 0 Å². The number of thiophene rings is 2. The molecule has 1 N–H and O–H groups in total. The molecule has 0 atom stereocenters. The van der Waals surface area contributed by atoms with Crippen molar-refractivity contribution in [1.82, 2.24) is 9.55 Å². The van der Waals surface area contributed by atoms with E-state index in [0.29, 0.717) is 31.5 Å². The van der Waals surface area contributed by atoms with E-state index in [9.17, 15) is 14.4 Å². The second-order valence-electron chi connectivity index (χ2n) is 8.34. The number of rotatable bonds is 9. The highest BCUT2D eigenvalue weighted by Gasteiger charge is 2.23. The first-order chi connectivity index (χ1) is 19.0. The van der Waals surface area contributed by atoms with Gasteiger partial charge in [0.25, 0.3) is 5.56 Å². The minimum Gasteiger partial charge on any atom is -0.465 e. The third kappa shape index (κ3) is 5.58. The first-order valence-electron chi connectivity index (χ1n) is 11.9. The van der Waals surface area contributed by atoms with Crippen LogP contribution >= 0.6 is 34.4 Å². The zero-order valence-electron chi connectivity index (χ0n) is 20.9. The molecule has 0 radical (unpaired) electrons. The van der Waals surface area contributed by atoms with Crippen LogP contribution in [0.4, 0.5) is 5.00 Å². The average Bonchev–Trinajstić information content (AvgIpc) is 3.59. The van der Waals surface area contributed by atoms with Crippen molar-refractivity contribution in [3.63, 3.8) is 0 Å². The maximum atomic E-state index is 13.3. The summed E-state index contributed by atoms with van der Waals surface area (Å²) >= 11 is 3.85. The number of nitrogens with one attached hydrogen (secondary N) is 1. The van der Waals surface area contributed by atoms with Gasteiger partial charge in [-0.1, -0.05) is 78.5 Å². The van der Waals surface area contributed by atoms with Gasteiger partial charge in [0.05, 0.1) is 18.2 Å². The summed E-state index contributed by atoms with van der Waals surface area (Å²) in [6.07, 6.45) is 1.63. The molecule has 10 heteroatoms. The largest absolute Gasteiger partial charge is 0.465 e. The first-order valence-corrected chi connectivity index (χ1v) is 14.6. The normalized spacial score (nSPS) is 10.9. The van der Waals surface area contributed by atoms with E-state index in [1.54, 1.807) is 6.08 Å². The Balaban J connectivity index is 1.40. The number of carbonyl (C=O) groups excluding carboxylic acids is 2. The zero-order chi connectivity index (χ0) is 27.4. The molecule has 39 heavy (non-hydrogen) atoms. The summed E-state index contributed by atoms with van der Waals surface area (Å²) in [5.41, 5.74) is 2.67. The summed E-state index contributed by atoms with van der Waals surface area (Å²) in [7, 11) is 1.31. The first kappa shape index (κ1) is 26.6. The van der Waals surface area contributed by atoms with Crippen molar-refractivity contribution in [1.29, 1.82) is 0 Å². The van der Waals surface area contributed by atoms with Gasteiger partial charge < -0.3 is 10.1 Å². The van der Waals surface area contributed by atoms with Crippen LogP contribution in [0.2, 0.25) is 0 Å². The maximum absolute atomic E-state index is 13.3. The van der Waals surface area contributed by atoms with Crippen molar-refractivity contribution in [3.05, 3.63) is 101 Å². The second kappa shape index (κ2) is 11.8. The van der Waals surface area contributed by atoms with Gasteiger partial charge in [0.15, 0.2) is 5.16 Å². The lowest BCUT2D eigenvalue weighted by Crippen LogP contribution is -2.23. The van der Waals surface area contributed by atoms with Gasteiger partial charge in [-0.15, -0.1) is 29.3 Å². The Kier molecular flexibility index (Phi) is 8.06. The molecule has 0 saturated heterocycles. The van der Waals surface area contributed by atoms with Crippen LogP contribution in [0.1, 0.15) is 10.4 Å². The SMILES string of the molecule is C=CCn1c(SCC(=O)Nc2scc(-c3ccccc3)c2C(=O)OC)nc2sc(-c3ccccc3)cc2c1=O. The number of methoxy groups -OCH3 is 1. The molecule has 0 saturated carbocycles. The third-order valence-electron chi connectivity index (χ3n) is 5.84. The topological polar surface area (TPSA) is 90.3 Å². The molecule has 0 aliphatic rings. The van der Waals surface area contributed by atoms with E-state index in [0.717, 1.165) is 27.8 Å². The lowest BCUT2D eigenvalue weighted by Gasteiger charge is -2.10. The van der Waals surface area contributed by atoms with Crippen molar-refractivity contribution in [2.45, 2.75) is 11.7 Å². The van der Waals surface area contributed by atoms with Gasteiger partial charge in [-0.25, -0.2) is 9.78 Å². The van der Waals surface area contributed by atoms with Crippen molar-refractivity contribution in [3.8, 4) is 21.6 Å².